The lowest BCUT2D eigenvalue weighted by atomic mass is 10.1. The predicted octanol–water partition coefficient (Wildman–Crippen LogP) is 3.67. The van der Waals surface area contributed by atoms with Gasteiger partial charge in [-0.3, -0.25) is 4.68 Å². The first-order valence-electron chi connectivity index (χ1n) is 6.98. The molecule has 126 valence electrons. The molecule has 2 heterocycles. The molecule has 0 saturated heterocycles. The van der Waals surface area contributed by atoms with Crippen LogP contribution in [0.3, 0.4) is 0 Å². The zero-order chi connectivity index (χ0) is 17.5. The Bertz CT molecular complexity index is 873. The summed E-state index contributed by atoms with van der Waals surface area (Å²) >= 11 is 5.96. The fraction of sp³-hybridized carbons (Fsp3) is 0.267. The monoisotopic (exact) mass is 355 g/mol. The molecule has 0 N–H and O–H groups in total. The molecule has 3 rings (SSSR count). The highest BCUT2D eigenvalue weighted by molar-refractivity contribution is 6.28. The van der Waals surface area contributed by atoms with Crippen LogP contribution in [0.5, 0.6) is 0 Å². The van der Waals surface area contributed by atoms with Crippen LogP contribution in [0, 0.1) is 0 Å². The zero-order valence-corrected chi connectivity index (χ0v) is 13.6. The summed E-state index contributed by atoms with van der Waals surface area (Å²) in [4.78, 5) is 10.1. The minimum atomic E-state index is -4.34. The van der Waals surface area contributed by atoms with Crippen molar-refractivity contribution in [3.05, 3.63) is 46.9 Å². The second-order valence-electron chi connectivity index (χ2n) is 5.37. The Balaban J connectivity index is 1.89. The lowest BCUT2D eigenvalue weighted by Gasteiger charge is -2.19. The maximum Gasteiger partial charge on any atom is 0.416 e. The molecule has 0 bridgehead atoms. The lowest BCUT2D eigenvalue weighted by Crippen LogP contribution is -2.18. The van der Waals surface area contributed by atoms with E-state index in [0.29, 0.717) is 18.0 Å². The normalized spacial score (nSPS) is 11.9. The van der Waals surface area contributed by atoms with Crippen LogP contribution in [0.25, 0.3) is 11.0 Å². The van der Waals surface area contributed by atoms with Crippen LogP contribution >= 0.6 is 11.6 Å². The van der Waals surface area contributed by atoms with Gasteiger partial charge in [-0.25, -0.2) is 0 Å². The summed E-state index contributed by atoms with van der Waals surface area (Å²) in [7, 11) is 3.52. The van der Waals surface area contributed by atoms with Gasteiger partial charge in [0.1, 0.15) is 5.82 Å². The molecular formula is C15H13ClF3N5. The van der Waals surface area contributed by atoms with Crippen molar-refractivity contribution in [2.45, 2.75) is 12.7 Å². The number of fused-ring (bicyclic) bond motifs is 1. The Morgan fingerprint density at radius 3 is 2.46 bits per heavy atom. The van der Waals surface area contributed by atoms with E-state index < -0.39 is 11.7 Å². The van der Waals surface area contributed by atoms with E-state index in [0.717, 1.165) is 23.1 Å². The van der Waals surface area contributed by atoms with Gasteiger partial charge < -0.3 is 4.90 Å². The number of alkyl halides is 3. The third kappa shape index (κ3) is 3.14. The molecule has 3 aromatic rings. The topological polar surface area (TPSA) is 46.8 Å². The van der Waals surface area contributed by atoms with E-state index in [1.54, 1.807) is 29.9 Å². The second kappa shape index (κ2) is 5.94. The molecule has 9 heteroatoms. The molecule has 2 aromatic heterocycles. The molecule has 0 spiro atoms. The number of anilines is 1. The Morgan fingerprint density at radius 2 is 1.83 bits per heavy atom. The van der Waals surface area contributed by atoms with Gasteiger partial charge in [-0.2, -0.15) is 28.2 Å². The molecule has 0 atom stereocenters. The Kier molecular flexibility index (Phi) is 4.08. The van der Waals surface area contributed by atoms with Crippen molar-refractivity contribution in [1.29, 1.82) is 0 Å². The van der Waals surface area contributed by atoms with E-state index in [2.05, 4.69) is 15.1 Å². The van der Waals surface area contributed by atoms with Gasteiger partial charge in [-0.15, -0.1) is 0 Å². The molecule has 24 heavy (non-hydrogen) atoms. The molecule has 0 fully saturated rings. The second-order valence-corrected chi connectivity index (χ2v) is 5.71. The SMILES string of the molecule is CN(Cc1ccc(C(F)(F)F)cc1)c1nc(Cl)nc2c1cnn2C. The summed E-state index contributed by atoms with van der Waals surface area (Å²) in [5.41, 5.74) is 0.634. The highest BCUT2D eigenvalue weighted by Gasteiger charge is 2.30. The molecule has 0 aliphatic carbocycles. The number of rotatable bonds is 3. The average Bonchev–Trinajstić information content (AvgIpc) is 2.87. The number of benzene rings is 1. The Morgan fingerprint density at radius 1 is 1.17 bits per heavy atom. The molecule has 0 aliphatic rings. The van der Waals surface area contributed by atoms with E-state index in [4.69, 9.17) is 11.6 Å². The van der Waals surface area contributed by atoms with Crippen molar-refractivity contribution >= 4 is 28.5 Å². The van der Waals surface area contributed by atoms with Crippen molar-refractivity contribution in [3.63, 3.8) is 0 Å². The summed E-state index contributed by atoms with van der Waals surface area (Å²) in [6, 6.07) is 5.02. The van der Waals surface area contributed by atoms with E-state index >= 15 is 0 Å². The minimum Gasteiger partial charge on any atom is -0.355 e. The van der Waals surface area contributed by atoms with Gasteiger partial charge in [-0.05, 0) is 29.3 Å². The van der Waals surface area contributed by atoms with Crippen LogP contribution in [-0.4, -0.2) is 26.8 Å². The molecular weight excluding hydrogens is 343 g/mol. The lowest BCUT2D eigenvalue weighted by molar-refractivity contribution is -0.137. The summed E-state index contributed by atoms with van der Waals surface area (Å²) < 4.78 is 39.4. The van der Waals surface area contributed by atoms with E-state index in [1.807, 2.05) is 0 Å². The van der Waals surface area contributed by atoms with Crippen molar-refractivity contribution in [2.75, 3.05) is 11.9 Å². The highest BCUT2D eigenvalue weighted by atomic mass is 35.5. The summed E-state index contributed by atoms with van der Waals surface area (Å²) in [5, 5.41) is 4.93. The fourth-order valence-electron chi connectivity index (χ4n) is 2.42. The largest absolute Gasteiger partial charge is 0.416 e. The van der Waals surface area contributed by atoms with Gasteiger partial charge in [0.15, 0.2) is 5.65 Å². The summed E-state index contributed by atoms with van der Waals surface area (Å²) in [5.74, 6) is 0.568. The van der Waals surface area contributed by atoms with Gasteiger partial charge >= 0.3 is 6.18 Å². The van der Waals surface area contributed by atoms with Crippen molar-refractivity contribution < 1.29 is 13.2 Å². The molecule has 5 nitrogen and oxygen atoms in total. The van der Waals surface area contributed by atoms with Gasteiger partial charge in [0, 0.05) is 20.6 Å². The van der Waals surface area contributed by atoms with Gasteiger partial charge in [0.25, 0.3) is 0 Å². The van der Waals surface area contributed by atoms with Gasteiger partial charge in [-0.1, -0.05) is 12.1 Å². The summed E-state index contributed by atoms with van der Waals surface area (Å²) in [6.07, 6.45) is -2.71. The smallest absolute Gasteiger partial charge is 0.355 e. The van der Waals surface area contributed by atoms with Crippen LogP contribution in [0.1, 0.15) is 11.1 Å². The maximum absolute atomic E-state index is 12.6. The van der Waals surface area contributed by atoms with E-state index in [-0.39, 0.29) is 5.28 Å². The van der Waals surface area contributed by atoms with E-state index in [1.165, 1.54) is 12.1 Å². The van der Waals surface area contributed by atoms with Crippen molar-refractivity contribution in [2.24, 2.45) is 7.05 Å². The first kappa shape index (κ1) is 16.5. The van der Waals surface area contributed by atoms with Gasteiger partial charge in [0.05, 0.1) is 17.1 Å². The van der Waals surface area contributed by atoms with Crippen molar-refractivity contribution in [1.82, 2.24) is 19.7 Å². The van der Waals surface area contributed by atoms with Crippen LogP contribution in [0.4, 0.5) is 19.0 Å². The number of nitrogens with zero attached hydrogens (tertiary/aromatic N) is 5. The molecule has 0 saturated carbocycles. The molecule has 1 aromatic carbocycles. The number of halogens is 4. The molecule has 0 aliphatic heterocycles. The minimum absolute atomic E-state index is 0.0837. The first-order valence-corrected chi connectivity index (χ1v) is 7.36. The van der Waals surface area contributed by atoms with Crippen LogP contribution in [-0.2, 0) is 19.8 Å². The van der Waals surface area contributed by atoms with Crippen LogP contribution < -0.4 is 4.90 Å². The van der Waals surface area contributed by atoms with Crippen LogP contribution in [0.15, 0.2) is 30.5 Å². The number of hydrogen-bond donors (Lipinski definition) is 0. The zero-order valence-electron chi connectivity index (χ0n) is 12.8. The Labute approximate surface area is 140 Å². The van der Waals surface area contributed by atoms with Gasteiger partial charge in [0.2, 0.25) is 5.28 Å². The number of aromatic nitrogens is 4. The maximum atomic E-state index is 12.6. The summed E-state index contributed by atoms with van der Waals surface area (Å²) in [6.45, 7) is 0.371. The molecule has 0 unspecified atom stereocenters. The quantitative estimate of drug-likeness (QED) is 0.672. The highest BCUT2D eigenvalue weighted by Crippen LogP contribution is 2.30. The number of hydrogen-bond acceptors (Lipinski definition) is 4. The molecule has 0 amide bonds. The Hall–Kier alpha value is -2.35. The third-order valence-electron chi connectivity index (χ3n) is 3.61. The predicted molar refractivity (Wildman–Crippen MR) is 84.9 cm³/mol. The number of aryl methyl sites for hydroxylation is 1. The van der Waals surface area contributed by atoms with Crippen molar-refractivity contribution in [3.8, 4) is 0 Å². The fourth-order valence-corrected chi connectivity index (χ4v) is 2.58. The standard InChI is InChI=1S/C15H13ClF3N5/c1-23(8-9-3-5-10(6-4-9)15(17,18)19)12-11-7-20-24(2)13(11)22-14(16)21-12/h3-7H,8H2,1-2H3. The third-order valence-corrected chi connectivity index (χ3v) is 3.78. The average molecular weight is 356 g/mol. The first-order chi connectivity index (χ1) is 11.3. The van der Waals surface area contributed by atoms with Crippen LogP contribution in [0.2, 0.25) is 5.28 Å². The molecule has 0 radical (unpaired) electrons. The van der Waals surface area contributed by atoms with E-state index in [9.17, 15) is 13.2 Å².